The summed E-state index contributed by atoms with van der Waals surface area (Å²) in [6, 6.07) is 6.03. The molecule has 0 unspecified atom stereocenters. The first kappa shape index (κ1) is 26.1. The van der Waals surface area contributed by atoms with Gasteiger partial charge >= 0.3 is 0 Å². The summed E-state index contributed by atoms with van der Waals surface area (Å²) in [4.78, 5) is 37.2. The third kappa shape index (κ3) is 6.85. The van der Waals surface area contributed by atoms with Gasteiger partial charge in [-0.25, -0.2) is 19.3 Å². The smallest absolute Gasteiger partial charge is 0.270 e. The zero-order chi connectivity index (χ0) is 26.4. The van der Waals surface area contributed by atoms with Crippen LogP contribution in [0.2, 0.25) is 0 Å². The van der Waals surface area contributed by atoms with Gasteiger partial charge in [-0.15, -0.1) is 5.10 Å². The SMILES string of the molecule is COc1cc(CNC(=O)c2cc(-c3ncn(C[C@H]4CC[C@H](NC(=O)CO)CC4)n3)nc(C)n2)ccc1F. The van der Waals surface area contributed by atoms with Gasteiger partial charge in [0.15, 0.2) is 17.4 Å². The number of ether oxygens (including phenoxy) is 1. The first-order chi connectivity index (χ1) is 17.8. The molecule has 0 atom stereocenters. The number of carbonyl (C=O) groups excluding carboxylic acids is 2. The highest BCUT2D eigenvalue weighted by Gasteiger charge is 2.23. The molecule has 0 saturated heterocycles. The topological polar surface area (TPSA) is 144 Å². The second kappa shape index (κ2) is 11.9. The summed E-state index contributed by atoms with van der Waals surface area (Å²) in [6.45, 7) is 2.06. The van der Waals surface area contributed by atoms with Crippen molar-refractivity contribution in [3.05, 3.63) is 53.5 Å². The molecule has 1 fully saturated rings. The number of amides is 2. The highest BCUT2D eigenvalue weighted by atomic mass is 19.1. The van der Waals surface area contributed by atoms with E-state index in [9.17, 15) is 14.0 Å². The molecule has 3 aromatic rings. The summed E-state index contributed by atoms with van der Waals surface area (Å²) >= 11 is 0. The van der Waals surface area contributed by atoms with Crippen LogP contribution in [-0.2, 0) is 17.9 Å². The molecule has 2 aromatic heterocycles. The molecule has 1 aliphatic carbocycles. The van der Waals surface area contributed by atoms with Crippen LogP contribution in [0.5, 0.6) is 5.75 Å². The van der Waals surface area contributed by atoms with Gasteiger partial charge in [-0.2, -0.15) is 0 Å². The molecule has 0 radical (unpaired) electrons. The second-order valence-corrected chi connectivity index (χ2v) is 9.07. The van der Waals surface area contributed by atoms with Crippen LogP contribution in [0.3, 0.4) is 0 Å². The van der Waals surface area contributed by atoms with Crippen LogP contribution in [0.4, 0.5) is 4.39 Å². The van der Waals surface area contributed by atoms with Crippen molar-refractivity contribution in [2.45, 2.75) is 51.7 Å². The molecule has 2 heterocycles. The van der Waals surface area contributed by atoms with Gasteiger partial charge in [0.05, 0.1) is 7.11 Å². The van der Waals surface area contributed by atoms with Crippen LogP contribution in [0.15, 0.2) is 30.6 Å². The molecule has 0 spiro atoms. The van der Waals surface area contributed by atoms with Gasteiger partial charge < -0.3 is 20.5 Å². The minimum absolute atomic E-state index is 0.0980. The van der Waals surface area contributed by atoms with E-state index in [-0.39, 0.29) is 29.9 Å². The number of aliphatic hydroxyl groups excluding tert-OH is 1. The maximum atomic E-state index is 13.6. The molecule has 3 N–H and O–H groups in total. The molecular formula is C25H30FN7O4. The van der Waals surface area contributed by atoms with E-state index in [0.717, 1.165) is 25.7 Å². The number of nitrogens with zero attached hydrogens (tertiary/aromatic N) is 5. The summed E-state index contributed by atoms with van der Waals surface area (Å²) in [6.07, 6.45) is 5.22. The molecule has 37 heavy (non-hydrogen) atoms. The lowest BCUT2D eigenvalue weighted by atomic mass is 9.86. The lowest BCUT2D eigenvalue weighted by Crippen LogP contribution is -2.39. The first-order valence-corrected chi connectivity index (χ1v) is 12.1. The molecule has 196 valence electrons. The van der Waals surface area contributed by atoms with Crippen LogP contribution >= 0.6 is 0 Å². The van der Waals surface area contributed by atoms with E-state index in [2.05, 4.69) is 30.7 Å². The van der Waals surface area contributed by atoms with E-state index in [1.54, 1.807) is 30.1 Å². The summed E-state index contributed by atoms with van der Waals surface area (Å²) in [7, 11) is 1.38. The monoisotopic (exact) mass is 511 g/mol. The van der Waals surface area contributed by atoms with Crippen LogP contribution < -0.4 is 15.4 Å². The van der Waals surface area contributed by atoms with Crippen LogP contribution in [0.25, 0.3) is 11.5 Å². The number of carbonyl (C=O) groups is 2. The van der Waals surface area contributed by atoms with E-state index in [4.69, 9.17) is 9.84 Å². The Kier molecular flexibility index (Phi) is 8.39. The van der Waals surface area contributed by atoms with Crippen molar-refractivity contribution < 1.29 is 23.8 Å². The lowest BCUT2D eigenvalue weighted by molar-refractivity contribution is -0.124. The predicted octanol–water partition coefficient (Wildman–Crippen LogP) is 1.79. The van der Waals surface area contributed by atoms with Gasteiger partial charge in [-0.3, -0.25) is 14.3 Å². The van der Waals surface area contributed by atoms with Crippen molar-refractivity contribution in [3.8, 4) is 17.3 Å². The van der Waals surface area contributed by atoms with E-state index in [1.165, 1.54) is 19.2 Å². The Morgan fingerprint density at radius 2 is 1.97 bits per heavy atom. The Morgan fingerprint density at radius 3 is 2.70 bits per heavy atom. The number of halogens is 1. The van der Waals surface area contributed by atoms with E-state index < -0.39 is 18.3 Å². The van der Waals surface area contributed by atoms with Crippen LogP contribution in [0.1, 0.15) is 47.6 Å². The van der Waals surface area contributed by atoms with Gasteiger partial charge in [0, 0.05) is 19.1 Å². The van der Waals surface area contributed by atoms with Gasteiger partial charge in [-0.05, 0) is 62.3 Å². The van der Waals surface area contributed by atoms with E-state index in [0.29, 0.717) is 35.4 Å². The van der Waals surface area contributed by atoms with Crippen molar-refractivity contribution in [3.63, 3.8) is 0 Å². The number of methoxy groups -OCH3 is 1. The van der Waals surface area contributed by atoms with E-state index >= 15 is 0 Å². The number of hydrogen-bond acceptors (Lipinski definition) is 8. The number of aliphatic hydroxyl groups is 1. The Bertz CT molecular complexity index is 1260. The van der Waals surface area contributed by atoms with Crippen molar-refractivity contribution in [2.24, 2.45) is 5.92 Å². The maximum absolute atomic E-state index is 13.6. The van der Waals surface area contributed by atoms with Gasteiger partial charge in [0.2, 0.25) is 5.91 Å². The number of nitrogens with one attached hydrogen (secondary N) is 2. The number of hydrogen-bond donors (Lipinski definition) is 3. The lowest BCUT2D eigenvalue weighted by Gasteiger charge is -2.28. The fourth-order valence-electron chi connectivity index (χ4n) is 4.41. The quantitative estimate of drug-likeness (QED) is 0.394. The van der Waals surface area contributed by atoms with Crippen molar-refractivity contribution in [1.82, 2.24) is 35.4 Å². The number of rotatable bonds is 9. The molecule has 12 heteroatoms. The van der Waals surface area contributed by atoms with Crippen molar-refractivity contribution in [1.29, 1.82) is 0 Å². The van der Waals surface area contributed by atoms with Crippen molar-refractivity contribution in [2.75, 3.05) is 13.7 Å². The maximum Gasteiger partial charge on any atom is 0.270 e. The minimum atomic E-state index is -0.489. The summed E-state index contributed by atoms with van der Waals surface area (Å²) < 4.78 is 20.4. The summed E-state index contributed by atoms with van der Waals surface area (Å²) in [5.74, 6) is 0.0930. The minimum Gasteiger partial charge on any atom is -0.494 e. The van der Waals surface area contributed by atoms with E-state index in [1.807, 2.05) is 0 Å². The van der Waals surface area contributed by atoms with Gasteiger partial charge in [-0.1, -0.05) is 6.07 Å². The molecule has 0 bridgehead atoms. The third-order valence-corrected chi connectivity index (χ3v) is 6.31. The Hall–Kier alpha value is -3.93. The number of benzene rings is 1. The number of aryl methyl sites for hydroxylation is 1. The average molecular weight is 512 g/mol. The summed E-state index contributed by atoms with van der Waals surface area (Å²) in [5.41, 5.74) is 1.30. The Balaban J connectivity index is 1.36. The first-order valence-electron chi connectivity index (χ1n) is 12.1. The van der Waals surface area contributed by atoms with Gasteiger partial charge in [0.1, 0.15) is 30.1 Å². The second-order valence-electron chi connectivity index (χ2n) is 9.07. The fraction of sp³-hybridized carbons (Fsp3) is 0.440. The molecular weight excluding hydrogens is 481 g/mol. The average Bonchev–Trinajstić information content (AvgIpc) is 3.37. The largest absolute Gasteiger partial charge is 0.494 e. The van der Waals surface area contributed by atoms with Crippen LogP contribution in [-0.4, -0.2) is 61.4 Å². The molecule has 11 nitrogen and oxygen atoms in total. The number of aromatic nitrogens is 5. The normalized spacial score (nSPS) is 17.3. The molecule has 1 aliphatic rings. The Morgan fingerprint density at radius 1 is 1.19 bits per heavy atom. The third-order valence-electron chi connectivity index (χ3n) is 6.31. The predicted molar refractivity (Wildman–Crippen MR) is 131 cm³/mol. The molecule has 1 saturated carbocycles. The van der Waals surface area contributed by atoms with Crippen LogP contribution in [0, 0.1) is 18.7 Å². The molecule has 1 aromatic carbocycles. The highest BCUT2D eigenvalue weighted by molar-refractivity contribution is 5.93. The molecule has 0 aliphatic heterocycles. The van der Waals surface area contributed by atoms with Gasteiger partial charge in [0.25, 0.3) is 5.91 Å². The van der Waals surface area contributed by atoms with Crippen molar-refractivity contribution >= 4 is 11.8 Å². The molecule has 4 rings (SSSR count). The standard InChI is InChI=1S/C25H30FN7O4/c1-15-29-20(10-21(30-15)25(36)27-11-17-5-8-19(26)22(9-17)37-2)24-28-14-33(32-24)12-16-3-6-18(7-4-16)31-23(35)13-34/h5,8-10,14,16,18,34H,3-4,6-7,11-13H2,1-2H3,(H,27,36)(H,31,35)/t16-,18-. The summed E-state index contributed by atoms with van der Waals surface area (Å²) in [5, 5.41) is 19.1. The zero-order valence-corrected chi connectivity index (χ0v) is 20.8. The zero-order valence-electron chi connectivity index (χ0n) is 20.8. The molecule has 2 amide bonds. The fourth-order valence-corrected chi connectivity index (χ4v) is 4.41. The Labute approximate surface area is 213 Å². The highest BCUT2D eigenvalue weighted by Crippen LogP contribution is 2.26.